The predicted octanol–water partition coefficient (Wildman–Crippen LogP) is 3.30. The number of fused-ring (bicyclic) bond motifs is 1. The molecule has 0 fully saturated rings. The van der Waals surface area contributed by atoms with Crippen molar-refractivity contribution in [3.8, 4) is 0 Å². The molecule has 4 heteroatoms. The SMILES string of the molecule is CC(C)COCc1ccc2oc(C(=O)O)cc2c1. The molecule has 1 aromatic heterocycles. The molecule has 0 aliphatic rings. The van der Waals surface area contributed by atoms with Gasteiger partial charge >= 0.3 is 5.97 Å². The van der Waals surface area contributed by atoms with Crippen LogP contribution < -0.4 is 0 Å². The van der Waals surface area contributed by atoms with Crippen molar-refractivity contribution in [2.45, 2.75) is 20.5 Å². The Morgan fingerprint density at radius 3 is 2.83 bits per heavy atom. The fourth-order valence-corrected chi connectivity index (χ4v) is 1.70. The first kappa shape index (κ1) is 12.6. The highest BCUT2D eigenvalue weighted by atomic mass is 16.5. The van der Waals surface area contributed by atoms with Gasteiger partial charge in [-0.05, 0) is 29.7 Å². The van der Waals surface area contributed by atoms with Crippen LogP contribution in [0.3, 0.4) is 0 Å². The van der Waals surface area contributed by atoms with E-state index in [1.165, 1.54) is 6.07 Å². The number of aromatic carboxylic acids is 1. The van der Waals surface area contributed by atoms with Gasteiger partial charge < -0.3 is 14.3 Å². The quantitative estimate of drug-likeness (QED) is 0.881. The highest BCUT2D eigenvalue weighted by molar-refractivity contribution is 5.91. The Bertz CT molecular complexity index is 554. The largest absolute Gasteiger partial charge is 0.475 e. The average molecular weight is 248 g/mol. The Hall–Kier alpha value is -1.81. The Morgan fingerprint density at radius 2 is 2.17 bits per heavy atom. The summed E-state index contributed by atoms with van der Waals surface area (Å²) in [6, 6.07) is 7.09. The zero-order valence-electron chi connectivity index (χ0n) is 10.5. The second-order valence-corrected chi connectivity index (χ2v) is 4.70. The van der Waals surface area contributed by atoms with Gasteiger partial charge in [-0.1, -0.05) is 19.9 Å². The number of ether oxygens (including phenoxy) is 1. The van der Waals surface area contributed by atoms with Crippen molar-refractivity contribution < 1.29 is 19.1 Å². The maximum absolute atomic E-state index is 10.8. The smallest absolute Gasteiger partial charge is 0.371 e. The Kier molecular flexibility index (Phi) is 3.67. The molecule has 0 spiro atoms. The molecule has 0 saturated carbocycles. The van der Waals surface area contributed by atoms with E-state index in [1.807, 2.05) is 12.1 Å². The van der Waals surface area contributed by atoms with Gasteiger partial charge in [-0.15, -0.1) is 0 Å². The summed E-state index contributed by atoms with van der Waals surface area (Å²) < 4.78 is 10.7. The van der Waals surface area contributed by atoms with Crippen LogP contribution in [-0.4, -0.2) is 17.7 Å². The monoisotopic (exact) mass is 248 g/mol. The van der Waals surface area contributed by atoms with Gasteiger partial charge in [-0.3, -0.25) is 0 Å². The molecule has 0 aliphatic heterocycles. The van der Waals surface area contributed by atoms with Gasteiger partial charge in [0.05, 0.1) is 6.61 Å². The summed E-state index contributed by atoms with van der Waals surface area (Å²) in [5.41, 5.74) is 1.60. The van der Waals surface area contributed by atoms with Crippen LogP contribution in [0.5, 0.6) is 0 Å². The first-order valence-corrected chi connectivity index (χ1v) is 5.90. The molecule has 0 aliphatic carbocycles. The summed E-state index contributed by atoms with van der Waals surface area (Å²) in [5.74, 6) is -0.588. The van der Waals surface area contributed by atoms with Gasteiger partial charge in [0.25, 0.3) is 0 Å². The molecule has 1 N–H and O–H groups in total. The third-order valence-corrected chi connectivity index (χ3v) is 2.51. The van der Waals surface area contributed by atoms with Crippen molar-refractivity contribution in [1.29, 1.82) is 0 Å². The van der Waals surface area contributed by atoms with E-state index in [9.17, 15) is 4.79 Å². The number of benzene rings is 1. The number of hydrogen-bond acceptors (Lipinski definition) is 3. The fraction of sp³-hybridized carbons (Fsp3) is 0.357. The second-order valence-electron chi connectivity index (χ2n) is 4.70. The summed E-state index contributed by atoms with van der Waals surface area (Å²) in [5, 5.41) is 9.63. The summed E-state index contributed by atoms with van der Waals surface area (Å²) >= 11 is 0. The first-order chi connectivity index (χ1) is 8.56. The topological polar surface area (TPSA) is 59.7 Å². The molecule has 0 radical (unpaired) electrons. The van der Waals surface area contributed by atoms with E-state index in [4.69, 9.17) is 14.3 Å². The third-order valence-electron chi connectivity index (χ3n) is 2.51. The molecule has 0 saturated heterocycles. The van der Waals surface area contributed by atoms with E-state index < -0.39 is 5.97 Å². The molecule has 96 valence electrons. The third kappa shape index (κ3) is 2.90. The number of furan rings is 1. The molecular formula is C14H16O4. The number of hydrogen-bond donors (Lipinski definition) is 1. The maximum Gasteiger partial charge on any atom is 0.371 e. The minimum Gasteiger partial charge on any atom is -0.475 e. The van der Waals surface area contributed by atoms with E-state index in [1.54, 1.807) is 6.07 Å². The van der Waals surface area contributed by atoms with Gasteiger partial charge in [0.1, 0.15) is 5.58 Å². The van der Waals surface area contributed by atoms with Crippen molar-refractivity contribution in [3.05, 3.63) is 35.6 Å². The van der Waals surface area contributed by atoms with Crippen LogP contribution in [0.2, 0.25) is 0 Å². The van der Waals surface area contributed by atoms with Crippen molar-refractivity contribution >= 4 is 16.9 Å². The van der Waals surface area contributed by atoms with Gasteiger partial charge in [0.2, 0.25) is 5.76 Å². The molecule has 0 atom stereocenters. The highest BCUT2D eigenvalue weighted by Gasteiger charge is 2.10. The Labute approximate surface area is 105 Å². The summed E-state index contributed by atoms with van der Waals surface area (Å²) in [4.78, 5) is 10.8. The van der Waals surface area contributed by atoms with E-state index in [0.29, 0.717) is 24.7 Å². The van der Waals surface area contributed by atoms with Crippen LogP contribution in [0.15, 0.2) is 28.7 Å². The molecule has 4 nitrogen and oxygen atoms in total. The average Bonchev–Trinajstić information content (AvgIpc) is 2.71. The lowest BCUT2D eigenvalue weighted by Gasteiger charge is -2.06. The molecule has 18 heavy (non-hydrogen) atoms. The van der Waals surface area contributed by atoms with E-state index in [2.05, 4.69) is 13.8 Å². The van der Waals surface area contributed by atoms with Gasteiger partial charge in [0, 0.05) is 12.0 Å². The van der Waals surface area contributed by atoms with Crippen LogP contribution >= 0.6 is 0 Å². The van der Waals surface area contributed by atoms with Gasteiger partial charge in [-0.25, -0.2) is 4.79 Å². The summed E-state index contributed by atoms with van der Waals surface area (Å²) in [6.45, 7) is 5.43. The van der Waals surface area contributed by atoms with Crippen LogP contribution in [0.1, 0.15) is 30.0 Å². The van der Waals surface area contributed by atoms with E-state index in [-0.39, 0.29) is 5.76 Å². The molecule has 0 unspecified atom stereocenters. The normalized spacial score (nSPS) is 11.3. The van der Waals surface area contributed by atoms with Crippen molar-refractivity contribution in [1.82, 2.24) is 0 Å². The number of carboxylic acid groups (broad SMARTS) is 1. The van der Waals surface area contributed by atoms with Gasteiger partial charge in [0.15, 0.2) is 0 Å². The lowest BCUT2D eigenvalue weighted by Crippen LogP contribution is -2.01. The number of carboxylic acids is 1. The molecular weight excluding hydrogens is 232 g/mol. The van der Waals surface area contributed by atoms with Gasteiger partial charge in [-0.2, -0.15) is 0 Å². The summed E-state index contributed by atoms with van der Waals surface area (Å²) in [7, 11) is 0. The lowest BCUT2D eigenvalue weighted by molar-refractivity contribution is 0.0665. The predicted molar refractivity (Wildman–Crippen MR) is 67.7 cm³/mol. The standard InChI is InChI=1S/C14H16O4/c1-9(2)7-17-8-10-3-4-12-11(5-10)6-13(18-12)14(15)16/h3-6,9H,7-8H2,1-2H3,(H,15,16). The van der Waals surface area contributed by atoms with Crippen LogP contribution in [0, 0.1) is 5.92 Å². The van der Waals surface area contributed by atoms with E-state index >= 15 is 0 Å². The summed E-state index contributed by atoms with van der Waals surface area (Å²) in [6.07, 6.45) is 0. The second kappa shape index (κ2) is 5.23. The molecule has 2 aromatic rings. The number of carbonyl (C=O) groups is 1. The van der Waals surface area contributed by atoms with Crippen molar-refractivity contribution in [2.75, 3.05) is 6.61 Å². The molecule has 0 amide bonds. The van der Waals surface area contributed by atoms with Crippen LogP contribution in [0.25, 0.3) is 11.0 Å². The highest BCUT2D eigenvalue weighted by Crippen LogP contribution is 2.21. The van der Waals surface area contributed by atoms with E-state index in [0.717, 1.165) is 10.9 Å². The Balaban J connectivity index is 2.14. The lowest BCUT2D eigenvalue weighted by atomic mass is 10.1. The first-order valence-electron chi connectivity index (χ1n) is 5.90. The van der Waals surface area contributed by atoms with Crippen molar-refractivity contribution in [3.63, 3.8) is 0 Å². The zero-order valence-corrected chi connectivity index (χ0v) is 10.5. The zero-order chi connectivity index (χ0) is 13.1. The minimum absolute atomic E-state index is 0.0368. The Morgan fingerprint density at radius 1 is 1.39 bits per heavy atom. The molecule has 1 aromatic carbocycles. The minimum atomic E-state index is -1.05. The maximum atomic E-state index is 10.8. The van der Waals surface area contributed by atoms with Crippen LogP contribution in [0.4, 0.5) is 0 Å². The van der Waals surface area contributed by atoms with Crippen molar-refractivity contribution in [2.24, 2.45) is 5.92 Å². The van der Waals surface area contributed by atoms with Crippen LogP contribution in [-0.2, 0) is 11.3 Å². The molecule has 1 heterocycles. The molecule has 0 bridgehead atoms. The fourth-order valence-electron chi connectivity index (χ4n) is 1.70. The number of rotatable bonds is 5. The molecule has 2 rings (SSSR count).